The van der Waals surface area contributed by atoms with E-state index in [1.54, 1.807) is 26.2 Å². The van der Waals surface area contributed by atoms with Crippen molar-refractivity contribution in [3.05, 3.63) is 82.0 Å². The quantitative estimate of drug-likeness (QED) is 0.552. The van der Waals surface area contributed by atoms with E-state index in [4.69, 9.17) is 4.74 Å². The summed E-state index contributed by atoms with van der Waals surface area (Å²) in [6.07, 6.45) is 0. The monoisotopic (exact) mass is 467 g/mol. The van der Waals surface area contributed by atoms with Crippen LogP contribution >= 0.6 is 15.9 Å². The molecule has 0 saturated carbocycles. The number of hydrogen-bond acceptors (Lipinski definition) is 4. The summed E-state index contributed by atoms with van der Waals surface area (Å²) in [5.41, 5.74) is 3.72. The average molecular weight is 468 g/mol. The Bertz CT molecular complexity index is 1050. The zero-order valence-electron chi connectivity index (χ0n) is 16.7. The number of aryl methyl sites for hydroxylation is 1. The van der Waals surface area contributed by atoms with Gasteiger partial charge in [0.15, 0.2) is 0 Å². The van der Waals surface area contributed by atoms with Crippen LogP contribution in [0.25, 0.3) is 11.3 Å². The molecule has 0 aliphatic heterocycles. The topological polar surface area (TPSA) is 80.3 Å². The summed E-state index contributed by atoms with van der Waals surface area (Å²) >= 11 is 3.45. The van der Waals surface area contributed by atoms with Crippen LogP contribution in [0.4, 0.5) is 0 Å². The van der Waals surface area contributed by atoms with E-state index in [9.17, 15) is 9.59 Å². The van der Waals surface area contributed by atoms with Crippen LogP contribution in [0.5, 0.6) is 5.75 Å². The highest BCUT2D eigenvalue weighted by Crippen LogP contribution is 2.22. The van der Waals surface area contributed by atoms with Crippen LogP contribution < -0.4 is 15.4 Å². The molecule has 1 aromatic heterocycles. The van der Waals surface area contributed by atoms with Crippen LogP contribution in [0.3, 0.4) is 0 Å². The number of hydrogen-bond donors (Lipinski definition) is 2. The van der Waals surface area contributed by atoms with Gasteiger partial charge in [-0.25, -0.2) is 0 Å². The van der Waals surface area contributed by atoms with E-state index in [1.807, 2.05) is 48.5 Å². The second-order valence-corrected chi connectivity index (χ2v) is 7.56. The number of nitrogens with one attached hydrogen (secondary N) is 2. The number of rotatable bonds is 7. The largest absolute Gasteiger partial charge is 0.497 e. The molecule has 0 fully saturated rings. The number of amides is 2. The molecule has 3 aromatic rings. The van der Waals surface area contributed by atoms with Gasteiger partial charge in [0.2, 0.25) is 5.91 Å². The normalized spacial score (nSPS) is 10.4. The van der Waals surface area contributed by atoms with Crippen molar-refractivity contribution in [2.24, 2.45) is 0 Å². The minimum absolute atomic E-state index is 0.109. The minimum Gasteiger partial charge on any atom is -0.497 e. The third-order valence-electron chi connectivity index (χ3n) is 4.51. The van der Waals surface area contributed by atoms with E-state index in [0.717, 1.165) is 27.0 Å². The Balaban J connectivity index is 1.54. The molecular weight excluding hydrogens is 446 g/mol. The Morgan fingerprint density at radius 3 is 2.47 bits per heavy atom. The van der Waals surface area contributed by atoms with Gasteiger partial charge in [0.1, 0.15) is 5.75 Å². The van der Waals surface area contributed by atoms with E-state index in [1.165, 1.54) is 0 Å². The summed E-state index contributed by atoms with van der Waals surface area (Å²) in [7, 11) is 1.60. The maximum absolute atomic E-state index is 12.5. The molecule has 0 aliphatic carbocycles. The fourth-order valence-electron chi connectivity index (χ4n) is 2.87. The number of pyridine rings is 1. The van der Waals surface area contributed by atoms with Crippen molar-refractivity contribution >= 4 is 27.7 Å². The summed E-state index contributed by atoms with van der Waals surface area (Å²) < 4.78 is 6.07. The van der Waals surface area contributed by atoms with Crippen LogP contribution in [0.1, 0.15) is 21.6 Å². The molecule has 1 heterocycles. The van der Waals surface area contributed by atoms with Gasteiger partial charge in [-0.3, -0.25) is 14.6 Å². The lowest BCUT2D eigenvalue weighted by atomic mass is 10.1. The Labute approximate surface area is 183 Å². The summed E-state index contributed by atoms with van der Waals surface area (Å²) in [6.45, 7) is 2.04. The smallest absolute Gasteiger partial charge is 0.253 e. The number of methoxy groups -OCH3 is 1. The number of benzene rings is 2. The van der Waals surface area contributed by atoms with E-state index in [2.05, 4.69) is 31.5 Å². The fourth-order valence-corrected chi connectivity index (χ4v) is 3.27. The van der Waals surface area contributed by atoms with Gasteiger partial charge in [0.25, 0.3) is 5.91 Å². The van der Waals surface area contributed by atoms with Gasteiger partial charge in [-0.05, 0) is 48.9 Å². The van der Waals surface area contributed by atoms with Crippen molar-refractivity contribution < 1.29 is 14.3 Å². The number of halogens is 1. The molecule has 0 unspecified atom stereocenters. The number of ether oxygens (including phenoxy) is 1. The molecule has 0 saturated heterocycles. The first kappa shape index (κ1) is 21.5. The van der Waals surface area contributed by atoms with Crippen molar-refractivity contribution in [1.82, 2.24) is 15.6 Å². The Kier molecular flexibility index (Phi) is 7.19. The highest BCUT2D eigenvalue weighted by molar-refractivity contribution is 9.10. The molecule has 0 bridgehead atoms. The molecule has 2 aromatic carbocycles. The molecule has 2 N–H and O–H groups in total. The second-order valence-electron chi connectivity index (χ2n) is 6.65. The molecule has 6 nitrogen and oxygen atoms in total. The van der Waals surface area contributed by atoms with E-state index >= 15 is 0 Å². The van der Waals surface area contributed by atoms with Crippen LogP contribution in [0.15, 0.2) is 65.1 Å². The van der Waals surface area contributed by atoms with Gasteiger partial charge in [0, 0.05) is 16.6 Å². The third kappa shape index (κ3) is 5.67. The molecule has 7 heteroatoms. The molecule has 3 rings (SSSR count). The molecule has 0 radical (unpaired) electrons. The maximum atomic E-state index is 12.5. The predicted molar refractivity (Wildman–Crippen MR) is 119 cm³/mol. The van der Waals surface area contributed by atoms with Crippen molar-refractivity contribution in [3.63, 3.8) is 0 Å². The highest BCUT2D eigenvalue weighted by Gasteiger charge is 2.13. The molecule has 154 valence electrons. The van der Waals surface area contributed by atoms with Crippen LogP contribution in [-0.2, 0) is 11.3 Å². The lowest BCUT2D eigenvalue weighted by Gasteiger charge is -2.10. The van der Waals surface area contributed by atoms with Crippen LogP contribution in [-0.4, -0.2) is 30.5 Å². The zero-order chi connectivity index (χ0) is 21.5. The molecule has 0 spiro atoms. The molecule has 0 atom stereocenters. The summed E-state index contributed by atoms with van der Waals surface area (Å²) in [5, 5.41) is 5.42. The first-order chi connectivity index (χ1) is 14.5. The third-order valence-corrected chi connectivity index (χ3v) is 5.00. The highest BCUT2D eigenvalue weighted by atomic mass is 79.9. The van der Waals surface area contributed by atoms with Gasteiger partial charge < -0.3 is 15.4 Å². The summed E-state index contributed by atoms with van der Waals surface area (Å²) in [4.78, 5) is 29.1. The van der Waals surface area contributed by atoms with Gasteiger partial charge in [0.05, 0.1) is 30.6 Å². The predicted octanol–water partition coefficient (Wildman–Crippen LogP) is 3.87. The second kappa shape index (κ2) is 10.0. The number of carbonyl (C=O) groups is 2. The van der Waals surface area contributed by atoms with E-state index < -0.39 is 0 Å². The van der Waals surface area contributed by atoms with Crippen molar-refractivity contribution in [3.8, 4) is 17.0 Å². The van der Waals surface area contributed by atoms with E-state index in [0.29, 0.717) is 17.8 Å². The fraction of sp³-hybridized carbons (Fsp3) is 0.174. The van der Waals surface area contributed by atoms with Gasteiger partial charge in [-0.1, -0.05) is 40.2 Å². The zero-order valence-corrected chi connectivity index (χ0v) is 18.3. The average Bonchev–Trinajstić information content (AvgIpc) is 2.76. The Hall–Kier alpha value is -3.19. The number of carbonyl (C=O) groups excluding carboxylic acids is 2. The SMILES string of the molecule is COc1ccc(CNC(=O)CNC(=O)c2ccc(-c3cccc(Br)c3)nc2C)cc1. The molecule has 0 aliphatic rings. The van der Waals surface area contributed by atoms with Crippen LogP contribution in [0.2, 0.25) is 0 Å². The summed E-state index contributed by atoms with van der Waals surface area (Å²) in [6, 6.07) is 18.7. The van der Waals surface area contributed by atoms with Gasteiger partial charge in [-0.2, -0.15) is 0 Å². The first-order valence-corrected chi connectivity index (χ1v) is 10.2. The standard InChI is InChI=1S/C23H22BrN3O3/c1-15-20(10-11-21(27-15)17-4-3-5-18(24)12-17)23(29)26-14-22(28)25-13-16-6-8-19(30-2)9-7-16/h3-12H,13-14H2,1-2H3,(H,25,28)(H,26,29). The molecule has 30 heavy (non-hydrogen) atoms. The van der Waals surface area contributed by atoms with Crippen molar-refractivity contribution in [2.75, 3.05) is 13.7 Å². The first-order valence-electron chi connectivity index (χ1n) is 9.37. The minimum atomic E-state index is -0.333. The lowest BCUT2D eigenvalue weighted by Crippen LogP contribution is -2.36. The van der Waals surface area contributed by atoms with Crippen LogP contribution in [0, 0.1) is 6.92 Å². The van der Waals surface area contributed by atoms with Crippen molar-refractivity contribution in [1.29, 1.82) is 0 Å². The Morgan fingerprint density at radius 1 is 1.03 bits per heavy atom. The lowest BCUT2D eigenvalue weighted by molar-refractivity contribution is -0.120. The number of aromatic nitrogens is 1. The maximum Gasteiger partial charge on any atom is 0.253 e. The molecular formula is C23H22BrN3O3. The summed E-state index contributed by atoms with van der Waals surface area (Å²) in [5.74, 6) is 0.156. The number of nitrogens with zero attached hydrogens (tertiary/aromatic N) is 1. The Morgan fingerprint density at radius 2 is 1.80 bits per heavy atom. The molecule has 2 amide bonds. The van der Waals surface area contributed by atoms with Crippen molar-refractivity contribution in [2.45, 2.75) is 13.5 Å². The van der Waals surface area contributed by atoms with Gasteiger partial charge >= 0.3 is 0 Å². The van der Waals surface area contributed by atoms with E-state index in [-0.39, 0.29) is 18.4 Å². The van der Waals surface area contributed by atoms with Gasteiger partial charge in [-0.15, -0.1) is 0 Å².